The van der Waals surface area contributed by atoms with Gasteiger partial charge in [-0.2, -0.15) is 13.2 Å². The number of halogens is 5. The fourth-order valence-electron chi connectivity index (χ4n) is 3.87. The lowest BCUT2D eigenvalue weighted by atomic mass is 9.87. The summed E-state index contributed by atoms with van der Waals surface area (Å²) in [5, 5.41) is 2.52. The van der Waals surface area contributed by atoms with Gasteiger partial charge in [0.1, 0.15) is 6.04 Å². The Labute approximate surface area is 167 Å². The first-order valence-corrected chi connectivity index (χ1v) is 10.0. The number of alkyl halides is 5. The van der Waals surface area contributed by atoms with Crippen molar-refractivity contribution < 1.29 is 36.3 Å². The monoisotopic (exact) mass is 428 g/mol. The molecule has 0 aromatic rings. The summed E-state index contributed by atoms with van der Waals surface area (Å²) in [5.74, 6) is -5.05. The van der Waals surface area contributed by atoms with Crippen molar-refractivity contribution in [2.45, 2.75) is 76.6 Å². The molecule has 0 spiro atoms. The molecule has 29 heavy (non-hydrogen) atoms. The Morgan fingerprint density at radius 2 is 1.69 bits per heavy atom. The number of likely N-dealkylation sites (tertiary alicyclic amines) is 1. The largest absolute Gasteiger partial charge is 0.391 e. The average molecular weight is 428 g/mol. The van der Waals surface area contributed by atoms with E-state index in [9.17, 15) is 31.5 Å². The Morgan fingerprint density at radius 3 is 2.17 bits per heavy atom. The van der Waals surface area contributed by atoms with Gasteiger partial charge in [-0.3, -0.25) is 9.59 Å². The van der Waals surface area contributed by atoms with Gasteiger partial charge in [0.05, 0.1) is 12.0 Å². The summed E-state index contributed by atoms with van der Waals surface area (Å²) in [6.07, 6.45) is -5.10. The summed E-state index contributed by atoms with van der Waals surface area (Å²) in [7, 11) is 0. The van der Waals surface area contributed by atoms with Crippen molar-refractivity contribution in [2.24, 2.45) is 11.8 Å². The summed E-state index contributed by atoms with van der Waals surface area (Å²) in [4.78, 5) is 25.7. The Kier molecular flexibility index (Phi) is 7.86. The molecule has 0 aromatic carbocycles. The molecule has 2 unspecified atom stereocenters. The minimum Gasteiger partial charge on any atom is -0.376 e. The van der Waals surface area contributed by atoms with Gasteiger partial charge in [-0.15, -0.1) is 0 Å². The van der Waals surface area contributed by atoms with Gasteiger partial charge in [0.25, 0.3) is 0 Å². The molecule has 1 saturated carbocycles. The Morgan fingerprint density at radius 1 is 1.14 bits per heavy atom. The fraction of sp³-hybridized carbons (Fsp3) is 0.895. The predicted octanol–water partition coefficient (Wildman–Crippen LogP) is 3.52. The van der Waals surface area contributed by atoms with Crippen LogP contribution in [-0.4, -0.2) is 60.7 Å². The molecular weight excluding hydrogens is 399 g/mol. The van der Waals surface area contributed by atoms with Crippen LogP contribution in [0.2, 0.25) is 0 Å². The van der Waals surface area contributed by atoms with Crippen molar-refractivity contribution in [3.63, 3.8) is 0 Å². The molecule has 0 radical (unpaired) electrons. The normalized spacial score (nSPS) is 23.5. The molecule has 2 amide bonds. The number of nitrogens with one attached hydrogen (secondary N) is 1. The van der Waals surface area contributed by atoms with E-state index >= 15 is 0 Å². The highest BCUT2D eigenvalue weighted by Gasteiger charge is 2.43. The first-order valence-electron chi connectivity index (χ1n) is 10.0. The number of piperidine rings is 1. The lowest BCUT2D eigenvalue weighted by Gasteiger charge is -2.36. The van der Waals surface area contributed by atoms with Gasteiger partial charge < -0.3 is 15.0 Å². The number of nitrogens with zero attached hydrogens (tertiary/aromatic N) is 1. The molecule has 168 valence electrons. The standard InChI is InChI=1S/C19H29F5N2O3/c1-12(29-11-14-3-7-18(20,21)8-4-14)16(25-13(2)27)17(28)26-9-5-15(6-10-26)19(22,23)24/h12,14-16H,3-11H2,1-2H3,(H,25,27). The van der Waals surface area contributed by atoms with Gasteiger partial charge in [-0.1, -0.05) is 0 Å². The predicted molar refractivity (Wildman–Crippen MR) is 95.3 cm³/mol. The van der Waals surface area contributed by atoms with E-state index in [1.807, 2.05) is 0 Å². The van der Waals surface area contributed by atoms with Crippen LogP contribution in [0, 0.1) is 11.8 Å². The molecule has 0 aromatic heterocycles. The number of amides is 2. The van der Waals surface area contributed by atoms with Crippen molar-refractivity contribution in [1.82, 2.24) is 10.2 Å². The number of ether oxygens (including phenoxy) is 1. The van der Waals surface area contributed by atoms with E-state index in [1.165, 1.54) is 11.8 Å². The summed E-state index contributed by atoms with van der Waals surface area (Å²) >= 11 is 0. The van der Waals surface area contributed by atoms with E-state index in [0.29, 0.717) is 12.8 Å². The zero-order valence-electron chi connectivity index (χ0n) is 16.7. The first kappa shape index (κ1) is 23.8. The second-order valence-electron chi connectivity index (χ2n) is 8.16. The van der Waals surface area contributed by atoms with Crippen LogP contribution in [0.3, 0.4) is 0 Å². The lowest BCUT2D eigenvalue weighted by Crippen LogP contribution is -2.56. The minimum atomic E-state index is -4.28. The number of hydrogen-bond acceptors (Lipinski definition) is 3. The van der Waals surface area contributed by atoms with Gasteiger partial charge >= 0.3 is 6.18 Å². The van der Waals surface area contributed by atoms with Crippen molar-refractivity contribution in [2.75, 3.05) is 19.7 Å². The van der Waals surface area contributed by atoms with E-state index in [4.69, 9.17) is 4.74 Å². The number of carbonyl (C=O) groups is 2. The molecule has 1 heterocycles. The zero-order chi connectivity index (χ0) is 21.8. The third kappa shape index (κ3) is 7.08. The molecule has 2 rings (SSSR count). The topological polar surface area (TPSA) is 58.6 Å². The van der Waals surface area contributed by atoms with E-state index in [0.717, 1.165) is 0 Å². The smallest absolute Gasteiger partial charge is 0.376 e. The van der Waals surface area contributed by atoms with Gasteiger partial charge in [-0.05, 0) is 38.5 Å². The molecule has 10 heteroatoms. The molecule has 2 atom stereocenters. The minimum absolute atomic E-state index is 0.0382. The van der Waals surface area contributed by atoms with Crippen LogP contribution in [0.1, 0.15) is 52.4 Å². The van der Waals surface area contributed by atoms with Crippen LogP contribution in [0.25, 0.3) is 0 Å². The summed E-state index contributed by atoms with van der Waals surface area (Å²) in [6, 6.07) is -1.03. The summed E-state index contributed by atoms with van der Waals surface area (Å²) in [6.45, 7) is 2.95. The first-order chi connectivity index (χ1) is 13.4. The van der Waals surface area contributed by atoms with Gasteiger partial charge in [-0.25, -0.2) is 8.78 Å². The van der Waals surface area contributed by atoms with E-state index in [2.05, 4.69) is 5.32 Å². The maximum atomic E-state index is 13.3. The number of rotatable bonds is 6. The van der Waals surface area contributed by atoms with Gasteiger partial charge in [0.2, 0.25) is 17.7 Å². The number of carbonyl (C=O) groups excluding carboxylic acids is 2. The molecule has 0 bridgehead atoms. The molecule has 2 aliphatic rings. The number of hydrogen-bond donors (Lipinski definition) is 1. The van der Waals surface area contributed by atoms with Crippen LogP contribution < -0.4 is 5.32 Å². The quantitative estimate of drug-likeness (QED) is 0.659. The maximum absolute atomic E-state index is 13.3. The van der Waals surface area contributed by atoms with Crippen molar-refractivity contribution in [3.8, 4) is 0 Å². The molecule has 1 aliphatic heterocycles. The third-order valence-electron chi connectivity index (χ3n) is 5.80. The van der Waals surface area contributed by atoms with Crippen LogP contribution >= 0.6 is 0 Å². The van der Waals surface area contributed by atoms with Crippen LogP contribution in [0.5, 0.6) is 0 Å². The third-order valence-corrected chi connectivity index (χ3v) is 5.80. The molecule has 1 aliphatic carbocycles. The molecule has 5 nitrogen and oxygen atoms in total. The Hall–Kier alpha value is -1.45. The molecule has 1 N–H and O–H groups in total. The maximum Gasteiger partial charge on any atom is 0.391 e. The second kappa shape index (κ2) is 9.57. The molecule has 1 saturated heterocycles. The second-order valence-corrected chi connectivity index (χ2v) is 8.16. The van der Waals surface area contributed by atoms with Crippen molar-refractivity contribution >= 4 is 11.8 Å². The zero-order valence-corrected chi connectivity index (χ0v) is 16.7. The van der Waals surface area contributed by atoms with E-state index in [-0.39, 0.29) is 51.3 Å². The molecule has 2 fully saturated rings. The lowest BCUT2D eigenvalue weighted by molar-refractivity contribution is -0.187. The van der Waals surface area contributed by atoms with Gasteiger partial charge in [0, 0.05) is 39.5 Å². The van der Waals surface area contributed by atoms with Crippen LogP contribution in [0.4, 0.5) is 22.0 Å². The fourth-order valence-corrected chi connectivity index (χ4v) is 3.87. The highest BCUT2D eigenvalue weighted by atomic mass is 19.4. The summed E-state index contributed by atoms with van der Waals surface area (Å²) < 4.78 is 70.7. The highest BCUT2D eigenvalue weighted by molar-refractivity contribution is 5.87. The summed E-state index contributed by atoms with van der Waals surface area (Å²) in [5.41, 5.74) is 0. The highest BCUT2D eigenvalue weighted by Crippen LogP contribution is 2.36. The molecular formula is C19H29F5N2O3. The van der Waals surface area contributed by atoms with Crippen molar-refractivity contribution in [1.29, 1.82) is 0 Å². The Bertz CT molecular complexity index is 567. The van der Waals surface area contributed by atoms with Crippen molar-refractivity contribution in [3.05, 3.63) is 0 Å². The van der Waals surface area contributed by atoms with E-state index in [1.54, 1.807) is 6.92 Å². The average Bonchev–Trinajstić information content (AvgIpc) is 2.63. The van der Waals surface area contributed by atoms with Crippen LogP contribution in [-0.2, 0) is 14.3 Å². The van der Waals surface area contributed by atoms with Gasteiger partial charge in [0.15, 0.2) is 0 Å². The van der Waals surface area contributed by atoms with Crippen LogP contribution in [0.15, 0.2) is 0 Å². The van der Waals surface area contributed by atoms with E-state index < -0.39 is 42.0 Å². The Balaban J connectivity index is 1.90. The SMILES string of the molecule is CC(=O)NC(C(=O)N1CCC(C(F)(F)F)CC1)C(C)OCC1CCC(F)(F)CC1.